The number of rotatable bonds is 3. The Morgan fingerprint density at radius 1 is 1.44 bits per heavy atom. The van der Waals surface area contributed by atoms with Gasteiger partial charge in [0.05, 0.1) is 25.4 Å². The summed E-state index contributed by atoms with van der Waals surface area (Å²) in [6, 6.07) is 7.76. The number of benzene rings is 1. The molecule has 1 fully saturated rings. The molecule has 1 aliphatic rings. The van der Waals surface area contributed by atoms with Gasteiger partial charge in [0.15, 0.2) is 0 Å². The fourth-order valence-electron chi connectivity index (χ4n) is 3.04. The molecule has 0 aliphatic carbocycles. The number of morpholine rings is 1. The van der Waals surface area contributed by atoms with Crippen LogP contribution in [0.25, 0.3) is 10.1 Å². The molecule has 2 heterocycles. The summed E-state index contributed by atoms with van der Waals surface area (Å²) in [6.07, 6.45) is -0.613. The van der Waals surface area contributed by atoms with Crippen LogP contribution in [0.15, 0.2) is 29.6 Å². The first-order valence-corrected chi connectivity index (χ1v) is 9.43. The SMILES string of the molecule is CC(C)(C)OC(=O)N1CCOCC1C(O)Cc1csc2ccccc12. The number of amides is 1. The normalized spacial score (nSPS) is 19.8. The lowest BCUT2D eigenvalue weighted by molar-refractivity contribution is -0.0659. The molecule has 1 amide bonds. The smallest absolute Gasteiger partial charge is 0.410 e. The monoisotopic (exact) mass is 363 g/mol. The number of aliphatic hydroxyl groups is 1. The van der Waals surface area contributed by atoms with E-state index in [0.717, 1.165) is 10.9 Å². The van der Waals surface area contributed by atoms with Crippen molar-refractivity contribution in [2.45, 2.75) is 44.9 Å². The van der Waals surface area contributed by atoms with Gasteiger partial charge in [-0.05, 0) is 43.2 Å². The second-order valence-electron chi connectivity index (χ2n) is 7.34. The van der Waals surface area contributed by atoms with Gasteiger partial charge in [0.2, 0.25) is 0 Å². The van der Waals surface area contributed by atoms with Gasteiger partial charge in [0.25, 0.3) is 0 Å². The molecule has 0 spiro atoms. The van der Waals surface area contributed by atoms with Crippen molar-refractivity contribution >= 4 is 27.5 Å². The second kappa shape index (κ2) is 7.32. The number of nitrogens with zero attached hydrogens (tertiary/aromatic N) is 1. The molecule has 2 aromatic rings. The lowest BCUT2D eigenvalue weighted by atomic mass is 10.0. The molecule has 1 N–H and O–H groups in total. The van der Waals surface area contributed by atoms with E-state index in [2.05, 4.69) is 17.5 Å². The predicted molar refractivity (Wildman–Crippen MR) is 99.1 cm³/mol. The highest BCUT2D eigenvalue weighted by atomic mass is 32.1. The summed E-state index contributed by atoms with van der Waals surface area (Å²) in [5, 5.41) is 14.0. The minimum absolute atomic E-state index is 0.322. The Bertz CT molecular complexity index is 736. The van der Waals surface area contributed by atoms with Gasteiger partial charge in [-0.1, -0.05) is 18.2 Å². The van der Waals surface area contributed by atoms with E-state index in [-0.39, 0.29) is 0 Å². The summed E-state index contributed by atoms with van der Waals surface area (Å²) in [4.78, 5) is 14.1. The van der Waals surface area contributed by atoms with Crippen LogP contribution < -0.4 is 0 Å². The van der Waals surface area contributed by atoms with Crippen LogP contribution >= 0.6 is 11.3 Å². The number of ether oxygens (including phenoxy) is 2. The van der Waals surface area contributed by atoms with E-state index in [1.54, 1.807) is 16.2 Å². The fourth-order valence-corrected chi connectivity index (χ4v) is 4.02. The molecule has 25 heavy (non-hydrogen) atoms. The third-order valence-electron chi connectivity index (χ3n) is 4.23. The first kappa shape index (κ1) is 18.2. The van der Waals surface area contributed by atoms with Gasteiger partial charge in [-0.2, -0.15) is 0 Å². The van der Waals surface area contributed by atoms with Gasteiger partial charge in [0, 0.05) is 17.7 Å². The molecule has 136 valence electrons. The summed E-state index contributed by atoms with van der Waals surface area (Å²) in [6.45, 7) is 6.74. The van der Waals surface area contributed by atoms with Gasteiger partial charge in [0.1, 0.15) is 5.60 Å². The first-order chi connectivity index (χ1) is 11.8. The van der Waals surface area contributed by atoms with Crippen LogP contribution in [0, 0.1) is 0 Å². The zero-order valence-electron chi connectivity index (χ0n) is 14.9. The Hall–Kier alpha value is -1.63. The lowest BCUT2D eigenvalue weighted by Crippen LogP contribution is -2.55. The van der Waals surface area contributed by atoms with Crippen LogP contribution in [0.5, 0.6) is 0 Å². The van der Waals surface area contributed by atoms with Crippen molar-refractivity contribution < 1.29 is 19.4 Å². The van der Waals surface area contributed by atoms with E-state index in [1.807, 2.05) is 32.9 Å². The average Bonchev–Trinajstić information content (AvgIpc) is 2.96. The summed E-state index contributed by atoms with van der Waals surface area (Å²) in [5.74, 6) is 0. The first-order valence-electron chi connectivity index (χ1n) is 8.56. The Morgan fingerprint density at radius 2 is 2.20 bits per heavy atom. The standard InChI is InChI=1S/C19H25NO4S/c1-19(2,3)24-18(22)20-8-9-23-11-15(20)16(21)10-13-12-25-17-7-5-4-6-14(13)17/h4-7,12,15-16,21H,8-11H2,1-3H3. The Morgan fingerprint density at radius 3 is 2.96 bits per heavy atom. The van der Waals surface area contributed by atoms with Crippen molar-refractivity contribution in [2.24, 2.45) is 0 Å². The highest BCUT2D eigenvalue weighted by Gasteiger charge is 2.35. The van der Waals surface area contributed by atoms with Gasteiger partial charge in [-0.15, -0.1) is 11.3 Å². The van der Waals surface area contributed by atoms with Crippen molar-refractivity contribution in [2.75, 3.05) is 19.8 Å². The molecule has 3 rings (SSSR count). The molecular formula is C19H25NO4S. The Balaban J connectivity index is 1.74. The summed E-state index contributed by atoms with van der Waals surface area (Å²) in [5.41, 5.74) is 0.539. The van der Waals surface area contributed by atoms with E-state index in [0.29, 0.717) is 26.2 Å². The minimum atomic E-state index is -0.703. The van der Waals surface area contributed by atoms with Gasteiger partial charge in [-0.3, -0.25) is 4.90 Å². The molecule has 0 saturated carbocycles. The minimum Gasteiger partial charge on any atom is -0.444 e. The molecule has 0 bridgehead atoms. The predicted octanol–water partition coefficient (Wildman–Crippen LogP) is 3.44. The van der Waals surface area contributed by atoms with Crippen LogP contribution in [0.1, 0.15) is 26.3 Å². The van der Waals surface area contributed by atoms with Crippen molar-refractivity contribution in [3.05, 3.63) is 35.2 Å². The van der Waals surface area contributed by atoms with Crippen molar-refractivity contribution in [1.82, 2.24) is 4.90 Å². The van der Waals surface area contributed by atoms with E-state index in [1.165, 1.54) is 4.70 Å². The molecule has 1 aromatic carbocycles. The maximum atomic E-state index is 12.5. The highest BCUT2D eigenvalue weighted by Crippen LogP contribution is 2.28. The zero-order valence-corrected chi connectivity index (χ0v) is 15.7. The number of aliphatic hydroxyl groups excluding tert-OH is 1. The number of fused-ring (bicyclic) bond motifs is 1. The van der Waals surface area contributed by atoms with E-state index in [4.69, 9.17) is 9.47 Å². The van der Waals surface area contributed by atoms with Gasteiger partial charge < -0.3 is 14.6 Å². The van der Waals surface area contributed by atoms with Crippen LogP contribution in [-0.2, 0) is 15.9 Å². The van der Waals surface area contributed by atoms with Crippen LogP contribution in [-0.4, -0.2) is 53.6 Å². The largest absolute Gasteiger partial charge is 0.444 e. The summed E-state index contributed by atoms with van der Waals surface area (Å²) >= 11 is 1.67. The number of carbonyl (C=O) groups is 1. The van der Waals surface area contributed by atoms with E-state index >= 15 is 0 Å². The Labute approximate surface area is 152 Å². The highest BCUT2D eigenvalue weighted by molar-refractivity contribution is 7.17. The summed E-state index contributed by atoms with van der Waals surface area (Å²) in [7, 11) is 0. The molecule has 5 nitrogen and oxygen atoms in total. The molecule has 1 saturated heterocycles. The molecule has 1 aromatic heterocycles. The number of carbonyl (C=O) groups excluding carboxylic acids is 1. The fraction of sp³-hybridized carbons (Fsp3) is 0.526. The van der Waals surface area contributed by atoms with Crippen LogP contribution in [0.4, 0.5) is 4.79 Å². The van der Waals surface area contributed by atoms with E-state index in [9.17, 15) is 9.90 Å². The lowest BCUT2D eigenvalue weighted by Gasteiger charge is -2.38. The number of hydrogen-bond acceptors (Lipinski definition) is 5. The van der Waals surface area contributed by atoms with Crippen molar-refractivity contribution in [3.8, 4) is 0 Å². The molecular weight excluding hydrogens is 338 g/mol. The maximum Gasteiger partial charge on any atom is 0.410 e. The quantitative estimate of drug-likeness (QED) is 0.907. The maximum absolute atomic E-state index is 12.5. The molecule has 2 unspecified atom stereocenters. The average molecular weight is 363 g/mol. The zero-order chi connectivity index (χ0) is 18.0. The third-order valence-corrected chi connectivity index (χ3v) is 5.24. The third kappa shape index (κ3) is 4.32. The van der Waals surface area contributed by atoms with Gasteiger partial charge >= 0.3 is 6.09 Å². The summed E-state index contributed by atoms with van der Waals surface area (Å²) < 4.78 is 12.2. The number of thiophene rings is 1. The van der Waals surface area contributed by atoms with E-state index < -0.39 is 23.8 Å². The molecule has 2 atom stereocenters. The molecule has 6 heteroatoms. The topological polar surface area (TPSA) is 59.0 Å². The second-order valence-corrected chi connectivity index (χ2v) is 8.26. The molecule has 0 radical (unpaired) electrons. The number of hydrogen-bond donors (Lipinski definition) is 1. The van der Waals surface area contributed by atoms with Crippen molar-refractivity contribution in [3.63, 3.8) is 0 Å². The Kier molecular flexibility index (Phi) is 5.32. The van der Waals surface area contributed by atoms with Crippen molar-refractivity contribution in [1.29, 1.82) is 0 Å². The molecule has 1 aliphatic heterocycles. The van der Waals surface area contributed by atoms with Crippen LogP contribution in [0.3, 0.4) is 0 Å². The van der Waals surface area contributed by atoms with Gasteiger partial charge in [-0.25, -0.2) is 4.79 Å². The van der Waals surface area contributed by atoms with Crippen LogP contribution in [0.2, 0.25) is 0 Å².